The van der Waals surface area contributed by atoms with Gasteiger partial charge in [-0.25, -0.2) is 0 Å². The molecule has 1 N–H and O–H groups in total. The molecule has 1 heterocycles. The third-order valence-corrected chi connectivity index (χ3v) is 9.19. The maximum atomic E-state index is 12.0. The van der Waals surface area contributed by atoms with E-state index in [1.165, 1.54) is 50.6 Å². The third-order valence-electron chi connectivity index (χ3n) is 9.19. The van der Waals surface area contributed by atoms with Crippen LogP contribution >= 0.6 is 0 Å². The van der Waals surface area contributed by atoms with Gasteiger partial charge in [-0.2, -0.15) is 0 Å². The molecular weight excluding hydrogens is 294 g/mol. The van der Waals surface area contributed by atoms with E-state index in [1.807, 2.05) is 0 Å². The number of carbonyl (C=O) groups excluding carboxylic acids is 1. The van der Waals surface area contributed by atoms with Gasteiger partial charge in [0.05, 0.1) is 0 Å². The minimum Gasteiger partial charge on any atom is -0.311 e. The van der Waals surface area contributed by atoms with Gasteiger partial charge in [-0.05, 0) is 79.4 Å². The molecule has 0 spiro atoms. The van der Waals surface area contributed by atoms with Gasteiger partial charge >= 0.3 is 0 Å². The smallest absolute Gasteiger partial charge is 0.136 e. The van der Waals surface area contributed by atoms with E-state index in [0.29, 0.717) is 16.6 Å². The van der Waals surface area contributed by atoms with Crippen LogP contribution in [0.25, 0.3) is 0 Å². The van der Waals surface area contributed by atoms with Crippen molar-refractivity contribution in [3.63, 3.8) is 0 Å². The molecule has 0 bridgehead atoms. The molecule has 1 unspecified atom stereocenters. The largest absolute Gasteiger partial charge is 0.311 e. The van der Waals surface area contributed by atoms with Crippen molar-refractivity contribution in [2.45, 2.75) is 77.7 Å². The van der Waals surface area contributed by atoms with Crippen molar-refractivity contribution in [3.05, 3.63) is 11.6 Å². The van der Waals surface area contributed by atoms with Crippen LogP contribution in [0.2, 0.25) is 0 Å². The Balaban J connectivity index is 1.43. The lowest BCUT2D eigenvalue weighted by molar-refractivity contribution is -0.122. The van der Waals surface area contributed by atoms with Crippen LogP contribution in [-0.4, -0.2) is 18.4 Å². The highest BCUT2D eigenvalue weighted by Crippen LogP contribution is 2.66. The summed E-state index contributed by atoms with van der Waals surface area (Å²) in [5.74, 6) is 4.11. The van der Waals surface area contributed by atoms with Gasteiger partial charge in [0.25, 0.3) is 0 Å². The fourth-order valence-electron chi connectivity index (χ4n) is 7.57. The second kappa shape index (κ2) is 5.19. The van der Waals surface area contributed by atoms with Gasteiger partial charge < -0.3 is 5.32 Å². The topological polar surface area (TPSA) is 39.0 Å². The van der Waals surface area contributed by atoms with Gasteiger partial charge in [0.2, 0.25) is 0 Å². The third kappa shape index (κ3) is 2.14. The fourth-order valence-corrected chi connectivity index (χ4v) is 7.57. The van der Waals surface area contributed by atoms with E-state index in [-0.39, 0.29) is 0 Å². The van der Waals surface area contributed by atoms with Crippen molar-refractivity contribution in [3.8, 4) is 0 Å². The molecule has 1 aliphatic heterocycles. The molecule has 7 atom stereocenters. The van der Waals surface area contributed by atoms with Crippen molar-refractivity contribution in [1.29, 1.82) is 0 Å². The number of hydrogen-bond donors (Lipinski definition) is 1. The van der Waals surface area contributed by atoms with E-state index < -0.39 is 0 Å². The number of Topliss-reactive ketones (excluding diaryl/α,β-unsaturated/α-hetero) is 1. The molecule has 0 radical (unpaired) electrons. The Bertz CT molecular complexity index is 591. The zero-order valence-corrected chi connectivity index (χ0v) is 15.4. The second-order valence-electron chi connectivity index (χ2n) is 10.1. The summed E-state index contributed by atoms with van der Waals surface area (Å²) in [7, 11) is 0. The number of ketones is 1. The number of hydrogen-bond acceptors (Lipinski definition) is 2. The van der Waals surface area contributed by atoms with Crippen LogP contribution in [0.15, 0.2) is 11.6 Å². The average Bonchev–Trinajstić information content (AvgIpc) is 3.31. The first-order valence-corrected chi connectivity index (χ1v) is 10.5. The van der Waals surface area contributed by atoms with Gasteiger partial charge in [-0.1, -0.05) is 25.5 Å². The zero-order chi connectivity index (χ0) is 16.5. The van der Waals surface area contributed by atoms with Gasteiger partial charge in [0.1, 0.15) is 5.78 Å². The molecule has 132 valence electrons. The second-order valence-corrected chi connectivity index (χ2v) is 10.1. The van der Waals surface area contributed by atoms with E-state index in [9.17, 15) is 4.79 Å². The number of rotatable bonds is 2. The predicted octanol–water partition coefficient (Wildman–Crippen LogP) is 4.50. The van der Waals surface area contributed by atoms with Gasteiger partial charge in [0, 0.05) is 25.4 Å². The molecule has 5 rings (SSSR count). The van der Waals surface area contributed by atoms with E-state index >= 15 is 0 Å². The molecule has 2 nitrogen and oxygen atoms in total. The fraction of sp³-hybridized carbons (Fsp3) is 0.864. The minimum atomic E-state index is 0.342. The van der Waals surface area contributed by atoms with Gasteiger partial charge in [-0.15, -0.1) is 0 Å². The van der Waals surface area contributed by atoms with Crippen molar-refractivity contribution < 1.29 is 4.79 Å². The Morgan fingerprint density at radius 2 is 2.00 bits per heavy atom. The summed E-state index contributed by atoms with van der Waals surface area (Å²) in [6.45, 7) is 6.41. The highest BCUT2D eigenvalue weighted by molar-refractivity contribution is 5.82. The van der Waals surface area contributed by atoms with Crippen molar-refractivity contribution in [2.75, 3.05) is 6.54 Å². The van der Waals surface area contributed by atoms with Crippen LogP contribution in [-0.2, 0) is 4.79 Å². The average molecular weight is 328 g/mol. The Morgan fingerprint density at radius 3 is 2.79 bits per heavy atom. The Kier molecular flexibility index (Phi) is 3.38. The Hall–Kier alpha value is -0.630. The first-order chi connectivity index (χ1) is 11.5. The van der Waals surface area contributed by atoms with E-state index in [4.69, 9.17) is 0 Å². The quantitative estimate of drug-likeness (QED) is 0.599. The molecule has 1 saturated heterocycles. The number of allylic oxidation sites excluding steroid dienone is 2. The van der Waals surface area contributed by atoms with Crippen LogP contribution in [0.1, 0.15) is 71.6 Å². The Labute approximate surface area is 146 Å². The van der Waals surface area contributed by atoms with Crippen LogP contribution in [0.4, 0.5) is 0 Å². The number of fused-ring (bicyclic) bond motifs is 5. The maximum absolute atomic E-state index is 12.0. The number of carbonyl (C=O) groups is 1. The summed E-state index contributed by atoms with van der Waals surface area (Å²) in [5, 5.41) is 3.54. The lowest BCUT2D eigenvalue weighted by Gasteiger charge is -2.57. The molecule has 5 aliphatic rings. The van der Waals surface area contributed by atoms with Crippen LogP contribution in [0, 0.1) is 34.5 Å². The first-order valence-electron chi connectivity index (χ1n) is 10.5. The molecule has 2 heteroatoms. The maximum Gasteiger partial charge on any atom is 0.136 e. The van der Waals surface area contributed by atoms with Gasteiger partial charge in [-0.3, -0.25) is 4.79 Å². The standard InChI is InChI=1S/C22H33NO/c1-21-9-7-17(24)12-15(21)3-5-18-19-6-4-14(11-16-13-23-16)22(19,2)10-8-20(18)21/h3,14,16,18-20,23H,4-13H2,1-2H3/t14-,16?,18+,19+,20+,21+,22-/m1/s1. The molecule has 0 aromatic carbocycles. The lowest BCUT2D eigenvalue weighted by atomic mass is 9.47. The summed E-state index contributed by atoms with van der Waals surface area (Å²) < 4.78 is 0. The molecule has 3 saturated carbocycles. The summed E-state index contributed by atoms with van der Waals surface area (Å²) in [5.41, 5.74) is 2.45. The van der Waals surface area contributed by atoms with Crippen LogP contribution in [0.5, 0.6) is 0 Å². The van der Waals surface area contributed by atoms with E-state index in [0.717, 1.165) is 49.0 Å². The van der Waals surface area contributed by atoms with Crippen molar-refractivity contribution >= 4 is 5.78 Å². The van der Waals surface area contributed by atoms with E-state index in [1.54, 1.807) is 0 Å². The van der Waals surface area contributed by atoms with Crippen LogP contribution in [0.3, 0.4) is 0 Å². The summed E-state index contributed by atoms with van der Waals surface area (Å²) in [6, 6.07) is 0.836. The predicted molar refractivity (Wildman–Crippen MR) is 96.6 cm³/mol. The van der Waals surface area contributed by atoms with E-state index in [2.05, 4.69) is 25.2 Å². The highest BCUT2D eigenvalue weighted by atomic mass is 16.1. The number of nitrogens with one attached hydrogen (secondary N) is 1. The van der Waals surface area contributed by atoms with Gasteiger partial charge in [0.15, 0.2) is 0 Å². The zero-order valence-electron chi connectivity index (χ0n) is 15.4. The normalized spacial score (nSPS) is 53.0. The summed E-state index contributed by atoms with van der Waals surface area (Å²) in [4.78, 5) is 12.0. The van der Waals surface area contributed by atoms with Crippen molar-refractivity contribution in [2.24, 2.45) is 34.5 Å². The Morgan fingerprint density at radius 1 is 1.17 bits per heavy atom. The highest BCUT2D eigenvalue weighted by Gasteiger charge is 2.58. The minimum absolute atomic E-state index is 0.342. The molecular formula is C22H33NO. The summed E-state index contributed by atoms with van der Waals surface area (Å²) in [6.07, 6.45) is 13.7. The lowest BCUT2D eigenvalue weighted by Crippen LogP contribution is -2.50. The molecule has 0 amide bonds. The first kappa shape index (κ1) is 15.6. The summed E-state index contributed by atoms with van der Waals surface area (Å²) >= 11 is 0. The monoisotopic (exact) mass is 327 g/mol. The van der Waals surface area contributed by atoms with Crippen molar-refractivity contribution in [1.82, 2.24) is 5.32 Å². The molecule has 0 aromatic heterocycles. The molecule has 0 aromatic rings. The SMILES string of the molecule is C[C@]12CC[C@H]3[C@@H](CC=C4CC(=O)CC[C@@]43C)[C@@H]1CC[C@@H]2CC1CN1. The van der Waals surface area contributed by atoms with Crippen LogP contribution < -0.4 is 5.32 Å². The molecule has 4 fully saturated rings. The molecule has 24 heavy (non-hydrogen) atoms. The molecule has 4 aliphatic carbocycles.